The van der Waals surface area contributed by atoms with Crippen LogP contribution in [0.2, 0.25) is 0 Å². The number of alkyl halides is 3. The summed E-state index contributed by atoms with van der Waals surface area (Å²) in [6.45, 7) is 5.09. The zero-order valence-electron chi connectivity index (χ0n) is 10.2. The van der Waals surface area contributed by atoms with E-state index in [4.69, 9.17) is 0 Å². The van der Waals surface area contributed by atoms with E-state index in [0.717, 1.165) is 24.3 Å². The highest BCUT2D eigenvalue weighted by Crippen LogP contribution is 2.30. The fourth-order valence-corrected chi connectivity index (χ4v) is 1.39. The summed E-state index contributed by atoms with van der Waals surface area (Å²) in [5, 5.41) is 9.80. The van der Waals surface area contributed by atoms with Crippen molar-refractivity contribution in [1.82, 2.24) is 0 Å². The van der Waals surface area contributed by atoms with Crippen LogP contribution in [0.4, 0.5) is 13.2 Å². The van der Waals surface area contributed by atoms with Gasteiger partial charge in [0.2, 0.25) is 0 Å². The molecule has 0 spiro atoms. The first-order chi connectivity index (χ1) is 8.77. The lowest BCUT2D eigenvalue weighted by Gasteiger charge is -2.14. The zero-order valence-corrected chi connectivity index (χ0v) is 10.2. The van der Waals surface area contributed by atoms with Gasteiger partial charge >= 0.3 is 12.1 Å². The summed E-state index contributed by atoms with van der Waals surface area (Å²) in [6, 6.07) is 3.85. The number of halogens is 3. The van der Waals surface area contributed by atoms with Crippen LogP contribution in [0, 0.1) is 0 Å². The van der Waals surface area contributed by atoms with Gasteiger partial charge in [-0.2, -0.15) is 13.2 Å². The molecule has 3 nitrogen and oxygen atoms in total. The van der Waals surface area contributed by atoms with Gasteiger partial charge < -0.3 is 9.84 Å². The van der Waals surface area contributed by atoms with E-state index in [2.05, 4.69) is 11.3 Å². The number of esters is 1. The van der Waals surface area contributed by atoms with Gasteiger partial charge in [0.25, 0.3) is 0 Å². The Morgan fingerprint density at radius 3 is 2.32 bits per heavy atom. The van der Waals surface area contributed by atoms with E-state index in [1.165, 1.54) is 0 Å². The van der Waals surface area contributed by atoms with Gasteiger partial charge in [-0.25, -0.2) is 4.79 Å². The second kappa shape index (κ2) is 5.88. The maximum atomic E-state index is 12.4. The van der Waals surface area contributed by atoms with Crippen molar-refractivity contribution in [3.8, 4) is 0 Å². The third kappa shape index (κ3) is 3.82. The fourth-order valence-electron chi connectivity index (χ4n) is 1.39. The lowest BCUT2D eigenvalue weighted by Crippen LogP contribution is -2.14. The van der Waals surface area contributed by atoms with Gasteiger partial charge in [-0.3, -0.25) is 0 Å². The molecule has 1 rings (SSSR count). The first-order valence-electron chi connectivity index (χ1n) is 5.48. The average molecular weight is 274 g/mol. The van der Waals surface area contributed by atoms with Gasteiger partial charge in [-0.05, 0) is 24.6 Å². The molecule has 0 saturated carbocycles. The SMILES string of the molecule is C=C(C(=O)OCC)[C@@H](O)c1ccc(C(F)(F)F)cc1. The van der Waals surface area contributed by atoms with Gasteiger partial charge in [0.1, 0.15) is 6.10 Å². The number of aliphatic hydroxyl groups excluding tert-OH is 1. The Balaban J connectivity index is 2.86. The molecule has 0 saturated heterocycles. The minimum atomic E-state index is -4.44. The second-order valence-electron chi connectivity index (χ2n) is 3.77. The molecule has 0 bridgehead atoms. The van der Waals surface area contributed by atoms with E-state index in [9.17, 15) is 23.1 Å². The molecule has 1 aromatic carbocycles. The van der Waals surface area contributed by atoms with Gasteiger partial charge in [0.05, 0.1) is 17.7 Å². The Morgan fingerprint density at radius 1 is 1.37 bits per heavy atom. The number of rotatable bonds is 4. The lowest BCUT2D eigenvalue weighted by atomic mass is 10.0. The predicted molar refractivity (Wildman–Crippen MR) is 62.2 cm³/mol. The monoisotopic (exact) mass is 274 g/mol. The average Bonchev–Trinajstić information content (AvgIpc) is 2.36. The Bertz CT molecular complexity index is 463. The maximum absolute atomic E-state index is 12.4. The maximum Gasteiger partial charge on any atom is 0.416 e. The van der Waals surface area contributed by atoms with Gasteiger partial charge in [-0.1, -0.05) is 18.7 Å². The van der Waals surface area contributed by atoms with Crippen molar-refractivity contribution in [3.63, 3.8) is 0 Å². The van der Waals surface area contributed by atoms with Crippen molar-refractivity contribution in [2.24, 2.45) is 0 Å². The summed E-state index contributed by atoms with van der Waals surface area (Å²) in [5.41, 5.74) is -0.905. The summed E-state index contributed by atoms with van der Waals surface area (Å²) < 4.78 is 41.7. The van der Waals surface area contributed by atoms with Crippen LogP contribution in [0.5, 0.6) is 0 Å². The van der Waals surface area contributed by atoms with E-state index in [1.54, 1.807) is 6.92 Å². The number of ether oxygens (including phenoxy) is 1. The highest BCUT2D eigenvalue weighted by Gasteiger charge is 2.30. The Labute approximate surface area is 108 Å². The standard InChI is InChI=1S/C13H13F3O3/c1-3-19-12(18)8(2)11(17)9-4-6-10(7-5-9)13(14,15)16/h4-7,11,17H,2-3H2,1H3/t11-/m1/s1. The van der Waals surface area contributed by atoms with Crippen LogP contribution in [0.25, 0.3) is 0 Å². The number of aliphatic hydroxyl groups is 1. The molecule has 1 aromatic rings. The molecule has 1 N–H and O–H groups in total. The Morgan fingerprint density at radius 2 is 1.89 bits per heavy atom. The van der Waals surface area contributed by atoms with Gasteiger partial charge in [-0.15, -0.1) is 0 Å². The van der Waals surface area contributed by atoms with Crippen molar-refractivity contribution in [3.05, 3.63) is 47.5 Å². The topological polar surface area (TPSA) is 46.5 Å². The van der Waals surface area contributed by atoms with Crippen molar-refractivity contribution >= 4 is 5.97 Å². The number of carbonyl (C=O) groups is 1. The van der Waals surface area contributed by atoms with E-state index < -0.39 is 23.8 Å². The molecular weight excluding hydrogens is 261 g/mol. The van der Waals surface area contributed by atoms with Crippen LogP contribution in [0.15, 0.2) is 36.4 Å². The molecule has 0 fully saturated rings. The van der Waals surface area contributed by atoms with Crippen molar-refractivity contribution in [2.75, 3.05) is 6.61 Å². The number of carbonyl (C=O) groups excluding carboxylic acids is 1. The second-order valence-corrected chi connectivity index (χ2v) is 3.77. The fraction of sp³-hybridized carbons (Fsp3) is 0.308. The van der Waals surface area contributed by atoms with Crippen molar-refractivity contribution in [2.45, 2.75) is 19.2 Å². The lowest BCUT2D eigenvalue weighted by molar-refractivity contribution is -0.140. The van der Waals surface area contributed by atoms with Crippen molar-refractivity contribution < 1.29 is 27.8 Å². The molecule has 0 aliphatic heterocycles. The number of hydrogen-bond donors (Lipinski definition) is 1. The van der Waals surface area contributed by atoms with Crippen LogP contribution in [0.3, 0.4) is 0 Å². The molecule has 19 heavy (non-hydrogen) atoms. The molecule has 0 aliphatic rings. The molecule has 0 aromatic heterocycles. The van der Waals surface area contributed by atoms with E-state index in [-0.39, 0.29) is 17.7 Å². The first-order valence-corrected chi connectivity index (χ1v) is 5.48. The predicted octanol–water partition coefficient (Wildman–Crippen LogP) is 2.86. The highest BCUT2D eigenvalue weighted by molar-refractivity contribution is 5.89. The molecule has 0 aliphatic carbocycles. The molecular formula is C13H13F3O3. The smallest absolute Gasteiger partial charge is 0.416 e. The summed E-state index contributed by atoms with van der Waals surface area (Å²) in [6.07, 6.45) is -5.83. The van der Waals surface area contributed by atoms with Crippen LogP contribution in [-0.2, 0) is 15.7 Å². The quantitative estimate of drug-likeness (QED) is 0.678. The van der Waals surface area contributed by atoms with Crippen LogP contribution in [0.1, 0.15) is 24.2 Å². The zero-order chi connectivity index (χ0) is 14.6. The van der Waals surface area contributed by atoms with Gasteiger partial charge in [0.15, 0.2) is 0 Å². The van der Waals surface area contributed by atoms with Crippen molar-refractivity contribution in [1.29, 1.82) is 0 Å². The van der Waals surface area contributed by atoms with E-state index >= 15 is 0 Å². The molecule has 0 heterocycles. The van der Waals surface area contributed by atoms with Gasteiger partial charge in [0, 0.05) is 0 Å². The summed E-state index contributed by atoms with van der Waals surface area (Å²) in [7, 11) is 0. The normalized spacial score (nSPS) is 12.9. The Kier molecular flexibility index (Phi) is 4.72. The van der Waals surface area contributed by atoms with E-state index in [1.807, 2.05) is 0 Å². The number of benzene rings is 1. The minimum absolute atomic E-state index is 0.123. The number of hydrogen-bond acceptors (Lipinski definition) is 3. The summed E-state index contributed by atoms with van der Waals surface area (Å²) in [5.74, 6) is -0.783. The van der Waals surface area contributed by atoms with Crippen LogP contribution < -0.4 is 0 Å². The molecule has 0 radical (unpaired) electrons. The van der Waals surface area contributed by atoms with Crippen LogP contribution >= 0.6 is 0 Å². The van der Waals surface area contributed by atoms with Crippen LogP contribution in [-0.4, -0.2) is 17.7 Å². The largest absolute Gasteiger partial charge is 0.463 e. The molecule has 1 atom stereocenters. The third-order valence-electron chi connectivity index (χ3n) is 2.42. The molecule has 6 heteroatoms. The Hall–Kier alpha value is -1.82. The molecule has 0 unspecified atom stereocenters. The third-order valence-corrected chi connectivity index (χ3v) is 2.42. The molecule has 0 amide bonds. The summed E-state index contributed by atoms with van der Waals surface area (Å²) >= 11 is 0. The van der Waals surface area contributed by atoms with E-state index in [0.29, 0.717) is 0 Å². The highest BCUT2D eigenvalue weighted by atomic mass is 19.4. The summed E-state index contributed by atoms with van der Waals surface area (Å²) in [4.78, 5) is 11.3. The first kappa shape index (κ1) is 15.2. The minimum Gasteiger partial charge on any atom is -0.463 e. The molecule has 104 valence electrons.